The third kappa shape index (κ3) is 6.99. The van der Waals surface area contributed by atoms with E-state index in [-0.39, 0.29) is 12.0 Å². The molecule has 43 heavy (non-hydrogen) atoms. The van der Waals surface area contributed by atoms with E-state index in [1.165, 1.54) is 12.1 Å². The van der Waals surface area contributed by atoms with Crippen molar-refractivity contribution in [2.75, 3.05) is 18.2 Å². The van der Waals surface area contributed by atoms with Crippen molar-refractivity contribution in [2.45, 2.75) is 12.5 Å². The molecule has 1 heterocycles. The molecule has 0 aliphatic rings. The maximum atomic E-state index is 13.5. The van der Waals surface area contributed by atoms with Crippen molar-refractivity contribution < 1.29 is 19.1 Å². The minimum absolute atomic E-state index is 0.240. The molecule has 5 N–H and O–H groups in total. The fourth-order valence-corrected chi connectivity index (χ4v) is 4.39. The number of para-hydroxylation sites is 2. The molecule has 0 spiro atoms. The first-order valence-electron chi connectivity index (χ1n) is 13.3. The van der Waals surface area contributed by atoms with Gasteiger partial charge in [0.15, 0.2) is 10.8 Å². The molecule has 1 atom stereocenters. The maximum absolute atomic E-state index is 13.5. The second-order valence-corrected chi connectivity index (χ2v) is 9.54. The number of hydrogen-bond acceptors (Lipinski definition) is 6. The molecule has 0 aliphatic carbocycles. The van der Waals surface area contributed by atoms with E-state index < -0.39 is 23.8 Å². The monoisotopic (exact) mass is 574 g/mol. The zero-order valence-corrected chi connectivity index (χ0v) is 23.2. The maximum Gasteiger partial charge on any atom is 0.360 e. The van der Waals surface area contributed by atoms with Gasteiger partial charge in [0.2, 0.25) is 15.9 Å². The van der Waals surface area contributed by atoms with Gasteiger partial charge in [0, 0.05) is 40.3 Å². The van der Waals surface area contributed by atoms with Crippen LogP contribution in [0.4, 0.5) is 17.1 Å². The highest BCUT2D eigenvalue weighted by Gasteiger charge is 2.24. The summed E-state index contributed by atoms with van der Waals surface area (Å²) < 4.78 is 5.17. The van der Waals surface area contributed by atoms with Crippen LogP contribution in [0.25, 0.3) is 10.9 Å². The number of aromatic amines is 1. The van der Waals surface area contributed by atoms with Gasteiger partial charge in [-0.1, -0.05) is 30.3 Å². The highest BCUT2D eigenvalue weighted by Crippen LogP contribution is 2.21. The lowest BCUT2D eigenvalue weighted by Gasteiger charge is -2.19. The number of H-pyrrole nitrogens is 1. The Hall–Kier alpha value is -6.06. The Bertz CT molecular complexity index is 1840. The van der Waals surface area contributed by atoms with Crippen LogP contribution in [0.2, 0.25) is 0 Å². The zero-order valence-electron chi connectivity index (χ0n) is 23.2. The SMILES string of the molecule is COc1ccc(C(=O)N[C@@H](Cc2c[nH]c3ccccc23)C(=O)Nc2ccc(C(=O)N=[N+]=Nc3ccccc3N)cc2)cc1. The van der Waals surface area contributed by atoms with Gasteiger partial charge in [0.25, 0.3) is 5.91 Å². The molecule has 0 saturated heterocycles. The van der Waals surface area contributed by atoms with Crippen LogP contribution in [0.5, 0.6) is 5.75 Å². The average molecular weight is 575 g/mol. The Labute approximate surface area is 246 Å². The summed E-state index contributed by atoms with van der Waals surface area (Å²) in [4.78, 5) is 45.8. The van der Waals surface area contributed by atoms with Crippen LogP contribution in [0.15, 0.2) is 113 Å². The number of anilines is 2. The number of nitrogens with zero attached hydrogens (tertiary/aromatic N) is 3. The molecule has 4 aromatic carbocycles. The fourth-order valence-electron chi connectivity index (χ4n) is 4.39. The standard InChI is InChI=1S/C32H27N7O4/c1-43-24-16-12-20(13-17-24)30(40)36-29(18-22-19-34-27-8-4-2-6-25(22)27)32(42)35-23-14-10-21(11-15-23)31(41)38-39-37-28-9-5-3-7-26(28)33/h2-17,19,29,33-34H,18H2,1H3,(H2,35,36,40,41,42)/p+1/t29-/m0/s1. The van der Waals surface area contributed by atoms with Crippen molar-refractivity contribution in [3.05, 3.63) is 120 Å². The highest BCUT2D eigenvalue weighted by molar-refractivity contribution is 6.02. The topological polar surface area (TPSA) is 165 Å². The number of carbonyl (C=O) groups is 3. The zero-order chi connectivity index (χ0) is 30.2. The average Bonchev–Trinajstić information content (AvgIpc) is 3.44. The first kappa shape index (κ1) is 28.5. The summed E-state index contributed by atoms with van der Waals surface area (Å²) in [5.41, 5.74) is 9.50. The van der Waals surface area contributed by atoms with E-state index in [1.807, 2.05) is 30.5 Å². The predicted molar refractivity (Wildman–Crippen MR) is 163 cm³/mol. The van der Waals surface area contributed by atoms with Crippen molar-refractivity contribution in [3.63, 3.8) is 0 Å². The lowest BCUT2D eigenvalue weighted by atomic mass is 10.0. The fraction of sp³-hybridized carbons (Fsp3) is 0.0938. The Morgan fingerprint density at radius 1 is 0.907 bits per heavy atom. The number of nitrogens with one attached hydrogen (secondary N) is 3. The van der Waals surface area contributed by atoms with Crippen molar-refractivity contribution in [1.29, 1.82) is 0 Å². The molecule has 5 aromatic rings. The first-order valence-corrected chi connectivity index (χ1v) is 13.3. The molecule has 11 nitrogen and oxygen atoms in total. The van der Waals surface area contributed by atoms with Crippen molar-refractivity contribution in [1.82, 2.24) is 15.2 Å². The molecule has 214 valence electrons. The number of benzene rings is 4. The molecule has 0 unspecified atom stereocenters. The van der Waals surface area contributed by atoms with E-state index in [0.717, 1.165) is 16.5 Å². The van der Waals surface area contributed by atoms with Gasteiger partial charge in [-0.3, -0.25) is 14.4 Å². The summed E-state index contributed by atoms with van der Waals surface area (Å²) in [7, 11) is 1.54. The minimum Gasteiger partial charge on any atom is -0.497 e. The van der Waals surface area contributed by atoms with E-state index in [2.05, 4.69) is 30.8 Å². The van der Waals surface area contributed by atoms with Crippen LogP contribution in [0.3, 0.4) is 0 Å². The summed E-state index contributed by atoms with van der Waals surface area (Å²) in [6.07, 6.45) is 2.07. The summed E-state index contributed by atoms with van der Waals surface area (Å²) in [6.45, 7) is 0. The third-order valence-corrected chi connectivity index (χ3v) is 6.70. The molecule has 0 aliphatic heterocycles. The molecular formula is C32H28N7O4+. The number of amides is 3. The van der Waals surface area contributed by atoms with Crippen molar-refractivity contribution in [3.8, 4) is 5.75 Å². The Balaban J connectivity index is 1.31. The summed E-state index contributed by atoms with van der Waals surface area (Å²) in [5, 5.41) is 14.1. The number of methoxy groups -OCH3 is 1. The van der Waals surface area contributed by atoms with E-state index in [0.29, 0.717) is 28.4 Å². The van der Waals surface area contributed by atoms with Gasteiger partial charge in [-0.2, -0.15) is 0 Å². The van der Waals surface area contributed by atoms with Gasteiger partial charge >= 0.3 is 5.91 Å². The van der Waals surface area contributed by atoms with Crippen molar-refractivity contribution in [2.24, 2.45) is 10.2 Å². The predicted octanol–water partition coefficient (Wildman–Crippen LogP) is 5.18. The molecule has 5 rings (SSSR count). The Kier molecular flexibility index (Phi) is 8.65. The Morgan fingerprint density at radius 2 is 1.60 bits per heavy atom. The Morgan fingerprint density at radius 3 is 2.35 bits per heavy atom. The molecular weight excluding hydrogens is 546 g/mol. The molecule has 0 radical (unpaired) electrons. The quantitative estimate of drug-likeness (QED) is 0.108. The van der Waals surface area contributed by atoms with E-state index >= 15 is 0 Å². The number of nitrogens with two attached hydrogens (primary N) is 1. The number of hydrogen-bond donors (Lipinski definition) is 4. The van der Waals surface area contributed by atoms with Gasteiger partial charge in [-0.15, -0.1) is 0 Å². The van der Waals surface area contributed by atoms with Gasteiger partial charge in [-0.05, 0) is 72.3 Å². The second-order valence-electron chi connectivity index (χ2n) is 9.54. The summed E-state index contributed by atoms with van der Waals surface area (Å²) in [6, 6.07) is 26.4. The van der Waals surface area contributed by atoms with E-state index in [4.69, 9.17) is 10.5 Å². The largest absolute Gasteiger partial charge is 0.497 e. The lowest BCUT2D eigenvalue weighted by Crippen LogP contribution is -2.45. The minimum atomic E-state index is -0.907. The number of aromatic nitrogens is 1. The molecule has 1 aromatic heterocycles. The van der Waals surface area contributed by atoms with Gasteiger partial charge in [0.05, 0.1) is 12.8 Å². The summed E-state index contributed by atoms with van der Waals surface area (Å²) >= 11 is 0. The molecule has 3 amide bonds. The van der Waals surface area contributed by atoms with E-state index in [9.17, 15) is 14.4 Å². The number of fused-ring (bicyclic) bond motifs is 1. The van der Waals surface area contributed by atoms with Gasteiger partial charge in [0.1, 0.15) is 11.8 Å². The van der Waals surface area contributed by atoms with Crippen LogP contribution in [0.1, 0.15) is 26.3 Å². The normalized spacial score (nSPS) is 11.2. The van der Waals surface area contributed by atoms with Crippen LogP contribution in [0, 0.1) is 0 Å². The number of ether oxygens (including phenoxy) is 1. The molecule has 11 heteroatoms. The summed E-state index contributed by atoms with van der Waals surface area (Å²) in [5.74, 6) is -0.829. The van der Waals surface area contributed by atoms with Gasteiger partial charge in [-0.25, -0.2) is 0 Å². The number of carbonyl (C=O) groups excluding carboxylic acids is 3. The second kappa shape index (κ2) is 13.1. The van der Waals surface area contributed by atoms with E-state index in [1.54, 1.807) is 67.8 Å². The number of nitrogen functional groups attached to an aromatic ring is 1. The van der Waals surface area contributed by atoms with Crippen LogP contribution >= 0.6 is 0 Å². The molecule has 0 bridgehead atoms. The van der Waals surface area contributed by atoms with Crippen LogP contribution < -0.4 is 26.0 Å². The molecule has 0 fully saturated rings. The smallest absolute Gasteiger partial charge is 0.360 e. The van der Waals surface area contributed by atoms with Gasteiger partial charge < -0.3 is 26.1 Å². The first-order chi connectivity index (χ1) is 20.9. The number of rotatable bonds is 9. The molecule has 0 saturated carbocycles. The van der Waals surface area contributed by atoms with Crippen LogP contribution in [-0.4, -0.2) is 35.9 Å². The van der Waals surface area contributed by atoms with Crippen molar-refractivity contribution >= 4 is 45.7 Å². The highest BCUT2D eigenvalue weighted by atomic mass is 16.5. The van der Waals surface area contributed by atoms with Crippen LogP contribution in [-0.2, 0) is 11.2 Å². The lowest BCUT2D eigenvalue weighted by molar-refractivity contribution is -0.118. The third-order valence-electron chi connectivity index (χ3n) is 6.70.